The number of benzene rings is 1. The Morgan fingerprint density at radius 1 is 1.37 bits per heavy atom. The van der Waals surface area contributed by atoms with Gasteiger partial charge >= 0.3 is 0 Å². The highest BCUT2D eigenvalue weighted by Gasteiger charge is 2.02. The van der Waals surface area contributed by atoms with Crippen LogP contribution in [0.2, 0.25) is 0 Å². The maximum atomic E-state index is 9.48. The second-order valence-electron chi connectivity index (χ2n) is 4.32. The SMILES string of the molecule is C=CCOc1ccc(CNCCC(O)COC)cc1. The van der Waals surface area contributed by atoms with Gasteiger partial charge in [0.15, 0.2) is 0 Å². The van der Waals surface area contributed by atoms with Crippen LogP contribution in [0.4, 0.5) is 0 Å². The molecule has 106 valence electrons. The Kier molecular flexibility index (Phi) is 7.89. The predicted octanol–water partition coefficient (Wildman–Crippen LogP) is 1.74. The number of aliphatic hydroxyl groups is 1. The van der Waals surface area contributed by atoms with E-state index in [1.165, 1.54) is 5.56 Å². The van der Waals surface area contributed by atoms with Gasteiger partial charge < -0.3 is 19.9 Å². The number of ether oxygens (including phenoxy) is 2. The van der Waals surface area contributed by atoms with Crippen LogP contribution in [0.3, 0.4) is 0 Å². The Labute approximate surface area is 115 Å². The summed E-state index contributed by atoms with van der Waals surface area (Å²) >= 11 is 0. The Morgan fingerprint density at radius 3 is 2.74 bits per heavy atom. The number of nitrogens with one attached hydrogen (secondary N) is 1. The molecule has 0 bridgehead atoms. The van der Waals surface area contributed by atoms with Crippen LogP contribution in [0, 0.1) is 0 Å². The standard InChI is InChI=1S/C15H23NO3/c1-3-10-19-15-6-4-13(5-7-15)11-16-9-8-14(17)12-18-2/h3-7,14,16-17H,1,8-12H2,2H3. The fourth-order valence-electron chi connectivity index (χ4n) is 1.64. The number of rotatable bonds is 10. The highest BCUT2D eigenvalue weighted by atomic mass is 16.5. The molecule has 4 heteroatoms. The second kappa shape index (κ2) is 9.55. The molecular weight excluding hydrogens is 242 g/mol. The normalized spacial score (nSPS) is 12.1. The molecule has 1 unspecified atom stereocenters. The number of aliphatic hydroxyl groups excluding tert-OH is 1. The molecule has 0 radical (unpaired) electrons. The van der Waals surface area contributed by atoms with E-state index in [2.05, 4.69) is 11.9 Å². The van der Waals surface area contributed by atoms with Gasteiger partial charge in [-0.1, -0.05) is 24.8 Å². The van der Waals surface area contributed by atoms with Gasteiger partial charge in [-0.2, -0.15) is 0 Å². The van der Waals surface area contributed by atoms with E-state index in [1.807, 2.05) is 24.3 Å². The molecule has 0 aromatic heterocycles. The Morgan fingerprint density at radius 2 is 2.11 bits per heavy atom. The molecule has 2 N–H and O–H groups in total. The van der Waals surface area contributed by atoms with Gasteiger partial charge in [0.2, 0.25) is 0 Å². The molecule has 0 aliphatic carbocycles. The van der Waals surface area contributed by atoms with Gasteiger partial charge in [0, 0.05) is 13.7 Å². The van der Waals surface area contributed by atoms with Crippen LogP contribution < -0.4 is 10.1 Å². The molecule has 1 aromatic carbocycles. The zero-order valence-electron chi connectivity index (χ0n) is 11.5. The minimum absolute atomic E-state index is 0.386. The minimum Gasteiger partial charge on any atom is -0.490 e. The summed E-state index contributed by atoms with van der Waals surface area (Å²) in [5.74, 6) is 0.846. The first-order valence-electron chi connectivity index (χ1n) is 6.46. The van der Waals surface area contributed by atoms with E-state index in [1.54, 1.807) is 13.2 Å². The van der Waals surface area contributed by atoms with Crippen molar-refractivity contribution in [3.8, 4) is 5.75 Å². The highest BCUT2D eigenvalue weighted by Crippen LogP contribution is 2.11. The first-order valence-corrected chi connectivity index (χ1v) is 6.46. The van der Waals surface area contributed by atoms with Crippen molar-refractivity contribution in [3.05, 3.63) is 42.5 Å². The summed E-state index contributed by atoms with van der Waals surface area (Å²) in [6.07, 6.45) is 2.02. The van der Waals surface area contributed by atoms with Gasteiger partial charge in [-0.05, 0) is 30.7 Å². The van der Waals surface area contributed by atoms with Gasteiger partial charge in [0.1, 0.15) is 12.4 Å². The first kappa shape index (κ1) is 15.7. The van der Waals surface area contributed by atoms with Crippen molar-refractivity contribution >= 4 is 0 Å². The number of methoxy groups -OCH3 is 1. The molecule has 0 aliphatic rings. The molecule has 1 aromatic rings. The molecule has 19 heavy (non-hydrogen) atoms. The summed E-state index contributed by atoms with van der Waals surface area (Å²) < 4.78 is 10.3. The third-order valence-electron chi connectivity index (χ3n) is 2.63. The summed E-state index contributed by atoms with van der Waals surface area (Å²) in [6, 6.07) is 7.94. The average molecular weight is 265 g/mol. The first-order chi connectivity index (χ1) is 9.26. The third kappa shape index (κ3) is 6.96. The molecule has 0 saturated carbocycles. The predicted molar refractivity (Wildman–Crippen MR) is 76.3 cm³/mol. The van der Waals surface area contributed by atoms with Crippen LogP contribution in [0.15, 0.2) is 36.9 Å². The number of hydrogen-bond donors (Lipinski definition) is 2. The van der Waals surface area contributed by atoms with Crippen LogP contribution in [0.1, 0.15) is 12.0 Å². The van der Waals surface area contributed by atoms with Crippen molar-refractivity contribution in [2.75, 3.05) is 26.9 Å². The van der Waals surface area contributed by atoms with E-state index < -0.39 is 6.10 Å². The van der Waals surface area contributed by atoms with E-state index in [4.69, 9.17) is 9.47 Å². The summed E-state index contributed by atoms with van der Waals surface area (Å²) in [4.78, 5) is 0. The quantitative estimate of drug-likeness (QED) is 0.500. The zero-order valence-corrected chi connectivity index (χ0v) is 11.5. The maximum absolute atomic E-state index is 9.48. The number of hydrogen-bond acceptors (Lipinski definition) is 4. The van der Waals surface area contributed by atoms with Crippen molar-refractivity contribution in [3.63, 3.8) is 0 Å². The van der Waals surface area contributed by atoms with E-state index in [-0.39, 0.29) is 0 Å². The summed E-state index contributed by atoms with van der Waals surface area (Å²) in [5, 5.41) is 12.8. The van der Waals surface area contributed by atoms with Crippen molar-refractivity contribution in [2.24, 2.45) is 0 Å². The van der Waals surface area contributed by atoms with Gasteiger partial charge in [0.05, 0.1) is 12.7 Å². The maximum Gasteiger partial charge on any atom is 0.119 e. The lowest BCUT2D eigenvalue weighted by Gasteiger charge is -2.10. The highest BCUT2D eigenvalue weighted by molar-refractivity contribution is 5.27. The van der Waals surface area contributed by atoms with Crippen LogP contribution in [0.5, 0.6) is 5.75 Å². The van der Waals surface area contributed by atoms with E-state index >= 15 is 0 Å². The van der Waals surface area contributed by atoms with Crippen LogP contribution in [-0.2, 0) is 11.3 Å². The van der Waals surface area contributed by atoms with Crippen LogP contribution >= 0.6 is 0 Å². The third-order valence-corrected chi connectivity index (χ3v) is 2.63. The molecule has 0 saturated heterocycles. The fourth-order valence-corrected chi connectivity index (χ4v) is 1.64. The molecule has 1 rings (SSSR count). The Balaban J connectivity index is 2.20. The monoisotopic (exact) mass is 265 g/mol. The van der Waals surface area contributed by atoms with Crippen molar-refractivity contribution in [1.29, 1.82) is 0 Å². The second-order valence-corrected chi connectivity index (χ2v) is 4.32. The van der Waals surface area contributed by atoms with Crippen molar-refractivity contribution in [1.82, 2.24) is 5.32 Å². The lowest BCUT2D eigenvalue weighted by molar-refractivity contribution is 0.0594. The average Bonchev–Trinajstić information content (AvgIpc) is 2.43. The van der Waals surface area contributed by atoms with Gasteiger partial charge in [-0.25, -0.2) is 0 Å². The molecular formula is C15H23NO3. The molecule has 1 atom stereocenters. The van der Waals surface area contributed by atoms with Gasteiger partial charge in [-0.15, -0.1) is 0 Å². The molecule has 0 amide bonds. The minimum atomic E-state index is -0.396. The summed E-state index contributed by atoms with van der Waals surface area (Å²) in [7, 11) is 1.59. The van der Waals surface area contributed by atoms with E-state index in [9.17, 15) is 5.11 Å². The smallest absolute Gasteiger partial charge is 0.119 e. The van der Waals surface area contributed by atoms with E-state index in [0.29, 0.717) is 19.6 Å². The largest absolute Gasteiger partial charge is 0.490 e. The Hall–Kier alpha value is -1.36. The molecule has 0 aliphatic heterocycles. The van der Waals surface area contributed by atoms with E-state index in [0.717, 1.165) is 18.8 Å². The van der Waals surface area contributed by atoms with Crippen LogP contribution in [0.25, 0.3) is 0 Å². The van der Waals surface area contributed by atoms with Gasteiger partial charge in [-0.3, -0.25) is 0 Å². The lowest BCUT2D eigenvalue weighted by Crippen LogP contribution is -2.22. The van der Waals surface area contributed by atoms with Crippen molar-refractivity contribution in [2.45, 2.75) is 19.1 Å². The van der Waals surface area contributed by atoms with Crippen LogP contribution in [-0.4, -0.2) is 38.1 Å². The molecule has 4 nitrogen and oxygen atoms in total. The topological polar surface area (TPSA) is 50.7 Å². The summed E-state index contributed by atoms with van der Waals surface area (Å²) in [6.45, 7) is 6.06. The molecule has 0 heterocycles. The van der Waals surface area contributed by atoms with Gasteiger partial charge in [0.25, 0.3) is 0 Å². The lowest BCUT2D eigenvalue weighted by atomic mass is 10.2. The fraction of sp³-hybridized carbons (Fsp3) is 0.467. The summed E-state index contributed by atoms with van der Waals surface area (Å²) in [5.41, 5.74) is 1.19. The zero-order chi connectivity index (χ0) is 13.9. The Bertz CT molecular complexity index is 351. The van der Waals surface area contributed by atoms with Crippen molar-refractivity contribution < 1.29 is 14.6 Å². The molecule has 0 fully saturated rings. The molecule has 0 spiro atoms.